The molecule has 1 N–H and O–H groups in total. The highest BCUT2D eigenvalue weighted by molar-refractivity contribution is 7.15. The molecule has 0 saturated heterocycles. The van der Waals surface area contributed by atoms with Gasteiger partial charge in [0.05, 0.1) is 19.9 Å². The van der Waals surface area contributed by atoms with Crippen molar-refractivity contribution < 1.29 is 14.3 Å². The number of amides is 1. The summed E-state index contributed by atoms with van der Waals surface area (Å²) >= 11 is 1.55. The van der Waals surface area contributed by atoms with Crippen LogP contribution in [-0.4, -0.2) is 41.3 Å². The van der Waals surface area contributed by atoms with Crippen molar-refractivity contribution in [3.63, 3.8) is 0 Å². The second kappa shape index (κ2) is 6.88. The number of nitrogens with zero attached hydrogens (tertiary/aromatic N) is 3. The van der Waals surface area contributed by atoms with E-state index >= 15 is 0 Å². The first-order valence-electron chi connectivity index (χ1n) is 7.42. The van der Waals surface area contributed by atoms with E-state index in [1.54, 1.807) is 43.8 Å². The van der Waals surface area contributed by atoms with Crippen molar-refractivity contribution in [2.24, 2.45) is 0 Å². The van der Waals surface area contributed by atoms with Crippen LogP contribution in [0, 0.1) is 6.92 Å². The molecule has 1 amide bonds. The topological polar surface area (TPSA) is 77.8 Å². The number of fused-ring (bicyclic) bond motifs is 1. The fourth-order valence-corrected chi connectivity index (χ4v) is 3.28. The molecule has 0 aliphatic carbocycles. The van der Waals surface area contributed by atoms with E-state index in [-0.39, 0.29) is 5.91 Å². The first-order valence-corrected chi connectivity index (χ1v) is 8.30. The predicted octanol–water partition coefficient (Wildman–Crippen LogP) is 2.09. The Kier molecular flexibility index (Phi) is 4.66. The van der Waals surface area contributed by atoms with E-state index in [0.29, 0.717) is 30.0 Å². The van der Waals surface area contributed by atoms with Crippen LogP contribution in [0.1, 0.15) is 21.9 Å². The van der Waals surface area contributed by atoms with Gasteiger partial charge in [-0.25, -0.2) is 9.50 Å². The average Bonchev–Trinajstić information content (AvgIpc) is 3.13. The molecule has 2 aromatic heterocycles. The van der Waals surface area contributed by atoms with E-state index in [4.69, 9.17) is 9.47 Å². The maximum atomic E-state index is 12.3. The molecule has 3 aromatic rings. The number of hydrogen-bond donors (Lipinski definition) is 1. The quantitative estimate of drug-likeness (QED) is 0.739. The fourth-order valence-electron chi connectivity index (χ4n) is 2.38. The zero-order chi connectivity index (χ0) is 17.1. The third-order valence-corrected chi connectivity index (χ3v) is 4.43. The van der Waals surface area contributed by atoms with Crippen molar-refractivity contribution in [1.29, 1.82) is 0 Å². The van der Waals surface area contributed by atoms with E-state index in [2.05, 4.69) is 15.4 Å². The molecule has 0 atom stereocenters. The van der Waals surface area contributed by atoms with Crippen LogP contribution in [0.4, 0.5) is 0 Å². The number of thiazole rings is 1. The van der Waals surface area contributed by atoms with Gasteiger partial charge in [0.15, 0.2) is 11.5 Å². The lowest BCUT2D eigenvalue weighted by Crippen LogP contribution is -2.26. The molecule has 0 aliphatic rings. The average molecular weight is 346 g/mol. The molecule has 0 aliphatic heterocycles. The number of carbonyl (C=O) groups is 1. The Bertz CT molecular complexity index is 871. The van der Waals surface area contributed by atoms with Crippen LogP contribution in [0.2, 0.25) is 0 Å². The number of hydrogen-bond acceptors (Lipinski definition) is 6. The van der Waals surface area contributed by atoms with Crippen molar-refractivity contribution in [3.8, 4) is 11.5 Å². The van der Waals surface area contributed by atoms with E-state index in [0.717, 1.165) is 16.5 Å². The molecule has 0 spiro atoms. The molecule has 8 heteroatoms. The third kappa shape index (κ3) is 3.18. The summed E-state index contributed by atoms with van der Waals surface area (Å²) in [5.74, 6) is 1.72. The first-order chi connectivity index (χ1) is 11.6. The molecule has 0 fully saturated rings. The summed E-state index contributed by atoms with van der Waals surface area (Å²) in [4.78, 5) is 17.5. The number of rotatable bonds is 6. The van der Waals surface area contributed by atoms with Crippen molar-refractivity contribution in [2.45, 2.75) is 13.3 Å². The van der Waals surface area contributed by atoms with Crippen LogP contribution in [-0.2, 0) is 6.42 Å². The number of aromatic nitrogens is 3. The third-order valence-electron chi connectivity index (χ3n) is 3.57. The van der Waals surface area contributed by atoms with Gasteiger partial charge in [-0.2, -0.15) is 5.10 Å². The van der Waals surface area contributed by atoms with E-state index in [1.807, 2.05) is 16.8 Å². The number of carbonyl (C=O) groups excluding carboxylic acids is 1. The normalized spacial score (nSPS) is 10.8. The Hall–Kier alpha value is -2.61. The fraction of sp³-hybridized carbons (Fsp3) is 0.312. The van der Waals surface area contributed by atoms with E-state index in [1.165, 1.54) is 0 Å². The number of nitrogens with one attached hydrogen (secondary N) is 1. The zero-order valence-electron chi connectivity index (χ0n) is 13.7. The van der Waals surface area contributed by atoms with Gasteiger partial charge in [-0.05, 0) is 25.1 Å². The van der Waals surface area contributed by atoms with Crippen molar-refractivity contribution in [2.75, 3.05) is 20.8 Å². The van der Waals surface area contributed by atoms with Crippen LogP contribution in [0.25, 0.3) is 4.96 Å². The second-order valence-corrected chi connectivity index (χ2v) is 5.99. The number of ether oxygens (including phenoxy) is 2. The maximum absolute atomic E-state index is 12.3. The van der Waals surface area contributed by atoms with Crippen LogP contribution < -0.4 is 14.8 Å². The number of methoxy groups -OCH3 is 2. The van der Waals surface area contributed by atoms with Crippen LogP contribution in [0.3, 0.4) is 0 Å². The summed E-state index contributed by atoms with van der Waals surface area (Å²) in [5, 5.41) is 9.26. The molecule has 7 nitrogen and oxygen atoms in total. The van der Waals surface area contributed by atoms with Crippen molar-refractivity contribution in [3.05, 3.63) is 40.7 Å². The first kappa shape index (κ1) is 16.3. The second-order valence-electron chi connectivity index (χ2n) is 5.16. The SMILES string of the molecule is COc1ccc(C(=O)NCCc2csc3nc(C)nn23)cc1OC. The summed E-state index contributed by atoms with van der Waals surface area (Å²) in [6, 6.07) is 5.09. The van der Waals surface area contributed by atoms with Gasteiger partial charge in [0, 0.05) is 23.9 Å². The van der Waals surface area contributed by atoms with Gasteiger partial charge in [-0.3, -0.25) is 4.79 Å². The van der Waals surface area contributed by atoms with Gasteiger partial charge in [0.2, 0.25) is 4.96 Å². The lowest BCUT2D eigenvalue weighted by molar-refractivity contribution is 0.0953. The smallest absolute Gasteiger partial charge is 0.251 e. The van der Waals surface area contributed by atoms with Gasteiger partial charge in [0.1, 0.15) is 5.82 Å². The van der Waals surface area contributed by atoms with E-state index in [9.17, 15) is 4.79 Å². The highest BCUT2D eigenvalue weighted by Gasteiger charge is 2.11. The Morgan fingerprint density at radius 2 is 2.08 bits per heavy atom. The Morgan fingerprint density at radius 1 is 1.29 bits per heavy atom. The van der Waals surface area contributed by atoms with Gasteiger partial charge in [0.25, 0.3) is 5.91 Å². The summed E-state index contributed by atoms with van der Waals surface area (Å²) in [7, 11) is 3.10. The summed E-state index contributed by atoms with van der Waals surface area (Å²) in [6.07, 6.45) is 0.682. The molecule has 0 unspecified atom stereocenters. The lowest BCUT2D eigenvalue weighted by atomic mass is 10.2. The number of aryl methyl sites for hydroxylation is 1. The molecule has 0 radical (unpaired) electrons. The van der Waals surface area contributed by atoms with E-state index < -0.39 is 0 Å². The largest absolute Gasteiger partial charge is 0.493 e. The highest BCUT2D eigenvalue weighted by atomic mass is 32.1. The van der Waals surface area contributed by atoms with Crippen LogP contribution in [0.15, 0.2) is 23.6 Å². The molecule has 0 saturated carbocycles. The molecule has 2 heterocycles. The van der Waals surface area contributed by atoms with Gasteiger partial charge in [-0.1, -0.05) is 0 Å². The Morgan fingerprint density at radius 3 is 2.83 bits per heavy atom. The summed E-state index contributed by atoms with van der Waals surface area (Å²) in [6.45, 7) is 2.38. The molecular formula is C16H18N4O3S. The van der Waals surface area contributed by atoms with Crippen LogP contribution >= 0.6 is 11.3 Å². The lowest BCUT2D eigenvalue weighted by Gasteiger charge is -2.10. The summed E-state index contributed by atoms with van der Waals surface area (Å²) < 4.78 is 12.2. The molecule has 3 rings (SSSR count). The molecule has 24 heavy (non-hydrogen) atoms. The van der Waals surface area contributed by atoms with Crippen LogP contribution in [0.5, 0.6) is 11.5 Å². The highest BCUT2D eigenvalue weighted by Crippen LogP contribution is 2.27. The van der Waals surface area contributed by atoms with Gasteiger partial charge < -0.3 is 14.8 Å². The van der Waals surface area contributed by atoms with Crippen molar-refractivity contribution >= 4 is 22.2 Å². The zero-order valence-corrected chi connectivity index (χ0v) is 14.5. The monoisotopic (exact) mass is 346 g/mol. The molecule has 1 aromatic carbocycles. The van der Waals surface area contributed by atoms with Gasteiger partial charge in [-0.15, -0.1) is 11.3 Å². The summed E-state index contributed by atoms with van der Waals surface area (Å²) in [5.41, 5.74) is 1.56. The Labute approximate surface area is 143 Å². The minimum absolute atomic E-state index is 0.155. The number of benzene rings is 1. The van der Waals surface area contributed by atoms with Crippen molar-refractivity contribution in [1.82, 2.24) is 19.9 Å². The standard InChI is InChI=1S/C16H18N4O3S/c1-10-18-16-20(19-10)12(9-24-16)6-7-17-15(21)11-4-5-13(22-2)14(8-11)23-3/h4-5,8-9H,6-7H2,1-3H3,(H,17,21). The van der Waals surface area contributed by atoms with Gasteiger partial charge >= 0.3 is 0 Å². The molecule has 126 valence electrons. The maximum Gasteiger partial charge on any atom is 0.251 e. The Balaban J connectivity index is 1.63. The predicted molar refractivity (Wildman–Crippen MR) is 91.2 cm³/mol. The minimum atomic E-state index is -0.155. The minimum Gasteiger partial charge on any atom is -0.493 e. The molecule has 0 bridgehead atoms. The molecular weight excluding hydrogens is 328 g/mol.